The number of fused-ring (bicyclic) bond motifs is 1. The van der Waals surface area contributed by atoms with Gasteiger partial charge in [-0.1, -0.05) is 23.7 Å². The van der Waals surface area contributed by atoms with E-state index in [0.717, 1.165) is 33.4 Å². The second-order valence-corrected chi connectivity index (χ2v) is 4.96. The van der Waals surface area contributed by atoms with Crippen molar-refractivity contribution in [3.8, 4) is 11.1 Å². The van der Waals surface area contributed by atoms with Gasteiger partial charge in [-0.2, -0.15) is 5.10 Å². The van der Waals surface area contributed by atoms with Crippen molar-refractivity contribution in [2.45, 2.75) is 6.61 Å². The molecule has 0 unspecified atom stereocenters. The molecule has 0 bridgehead atoms. The summed E-state index contributed by atoms with van der Waals surface area (Å²) in [6, 6.07) is 11.5. The summed E-state index contributed by atoms with van der Waals surface area (Å²) >= 11 is 6.27. The molecule has 0 fully saturated rings. The highest BCUT2D eigenvalue weighted by molar-refractivity contribution is 6.33. The molecule has 5 heteroatoms. The van der Waals surface area contributed by atoms with Crippen LogP contribution in [0.3, 0.4) is 0 Å². The van der Waals surface area contributed by atoms with E-state index in [1.807, 2.05) is 37.4 Å². The van der Waals surface area contributed by atoms with Gasteiger partial charge in [0.2, 0.25) is 0 Å². The van der Waals surface area contributed by atoms with Gasteiger partial charge in [0.1, 0.15) is 0 Å². The second-order valence-electron chi connectivity index (χ2n) is 4.55. The highest BCUT2D eigenvalue weighted by atomic mass is 35.5. The molecule has 0 aliphatic carbocycles. The highest BCUT2D eigenvalue weighted by Gasteiger charge is 2.09. The van der Waals surface area contributed by atoms with E-state index in [4.69, 9.17) is 11.6 Å². The molecule has 3 rings (SSSR count). The van der Waals surface area contributed by atoms with Crippen molar-refractivity contribution >= 4 is 28.3 Å². The van der Waals surface area contributed by atoms with Crippen molar-refractivity contribution in [2.24, 2.45) is 0 Å². The maximum atomic E-state index is 9.25. The van der Waals surface area contributed by atoms with Crippen LogP contribution in [0.1, 0.15) is 5.56 Å². The number of rotatable bonds is 3. The Morgan fingerprint density at radius 1 is 1.25 bits per heavy atom. The number of aliphatic hydroxyl groups is 1. The SMILES string of the molecule is CNc1n[nH]c2ccc(-c3cc(CO)ccc3Cl)cc12. The molecule has 0 amide bonds. The summed E-state index contributed by atoms with van der Waals surface area (Å²) in [6.07, 6.45) is 0. The largest absolute Gasteiger partial charge is 0.392 e. The molecule has 0 spiro atoms. The molecule has 0 aliphatic heterocycles. The average Bonchev–Trinajstić information content (AvgIpc) is 2.90. The Kier molecular flexibility index (Phi) is 3.34. The lowest BCUT2D eigenvalue weighted by molar-refractivity contribution is 0.282. The number of benzene rings is 2. The number of aromatic nitrogens is 2. The van der Waals surface area contributed by atoms with Gasteiger partial charge < -0.3 is 10.4 Å². The Balaban J connectivity index is 2.18. The van der Waals surface area contributed by atoms with Crippen molar-refractivity contribution in [3.05, 3.63) is 47.0 Å². The molecule has 3 aromatic rings. The first-order valence-corrected chi connectivity index (χ1v) is 6.66. The number of H-pyrrole nitrogens is 1. The standard InChI is InChI=1S/C15H14ClN3O/c1-17-15-12-7-10(3-5-14(12)18-19-15)11-6-9(8-20)2-4-13(11)16/h2-7,20H,8H2,1H3,(H2,17,18,19). The summed E-state index contributed by atoms with van der Waals surface area (Å²) in [4.78, 5) is 0. The van der Waals surface area contributed by atoms with Gasteiger partial charge >= 0.3 is 0 Å². The molecule has 0 radical (unpaired) electrons. The molecule has 0 saturated heterocycles. The first kappa shape index (κ1) is 13.0. The van der Waals surface area contributed by atoms with Crippen LogP contribution in [0.25, 0.3) is 22.0 Å². The molecule has 0 atom stereocenters. The van der Waals surface area contributed by atoms with Gasteiger partial charge in [-0.3, -0.25) is 5.10 Å². The lowest BCUT2D eigenvalue weighted by atomic mass is 10.0. The monoisotopic (exact) mass is 287 g/mol. The third-order valence-electron chi connectivity index (χ3n) is 3.32. The zero-order valence-corrected chi connectivity index (χ0v) is 11.7. The lowest BCUT2D eigenvalue weighted by Gasteiger charge is -2.07. The summed E-state index contributed by atoms with van der Waals surface area (Å²) in [7, 11) is 1.83. The average molecular weight is 288 g/mol. The molecule has 102 valence electrons. The van der Waals surface area contributed by atoms with Crippen LogP contribution in [0.5, 0.6) is 0 Å². The van der Waals surface area contributed by atoms with Gasteiger partial charge in [0.05, 0.1) is 12.1 Å². The molecule has 1 aromatic heterocycles. The Hall–Kier alpha value is -2.04. The number of nitrogens with zero attached hydrogens (tertiary/aromatic N) is 1. The minimum absolute atomic E-state index is 0.000110. The Morgan fingerprint density at radius 2 is 2.10 bits per heavy atom. The van der Waals surface area contributed by atoms with E-state index in [-0.39, 0.29) is 6.61 Å². The molecule has 20 heavy (non-hydrogen) atoms. The summed E-state index contributed by atoms with van der Waals surface area (Å²) in [6.45, 7) is -0.000110. The molecule has 4 nitrogen and oxygen atoms in total. The minimum Gasteiger partial charge on any atom is -0.392 e. The summed E-state index contributed by atoms with van der Waals surface area (Å²) < 4.78 is 0. The molecular weight excluding hydrogens is 274 g/mol. The molecule has 3 N–H and O–H groups in total. The fourth-order valence-electron chi connectivity index (χ4n) is 2.26. The molecule has 0 saturated carbocycles. The Morgan fingerprint density at radius 3 is 2.85 bits per heavy atom. The number of halogens is 1. The van der Waals surface area contributed by atoms with Crippen molar-refractivity contribution in [3.63, 3.8) is 0 Å². The topological polar surface area (TPSA) is 60.9 Å². The zero-order chi connectivity index (χ0) is 14.1. The van der Waals surface area contributed by atoms with Crippen molar-refractivity contribution in [1.82, 2.24) is 10.2 Å². The van der Waals surface area contributed by atoms with E-state index in [9.17, 15) is 5.11 Å². The second kappa shape index (κ2) is 5.15. The van der Waals surface area contributed by atoms with Crippen molar-refractivity contribution < 1.29 is 5.11 Å². The quantitative estimate of drug-likeness (QED) is 0.692. The predicted octanol–water partition coefficient (Wildman–Crippen LogP) is 3.42. The number of aliphatic hydroxyl groups excluding tert-OH is 1. The van der Waals surface area contributed by atoms with Crippen LogP contribution in [0.15, 0.2) is 36.4 Å². The van der Waals surface area contributed by atoms with E-state index in [0.29, 0.717) is 5.02 Å². The van der Waals surface area contributed by atoms with E-state index in [2.05, 4.69) is 15.5 Å². The molecular formula is C15H14ClN3O. The number of nitrogens with one attached hydrogen (secondary N) is 2. The van der Waals surface area contributed by atoms with Gasteiger partial charge in [0, 0.05) is 23.0 Å². The molecule has 2 aromatic carbocycles. The van der Waals surface area contributed by atoms with Crippen LogP contribution >= 0.6 is 11.6 Å². The highest BCUT2D eigenvalue weighted by Crippen LogP contribution is 2.32. The van der Waals surface area contributed by atoms with Gasteiger partial charge in [-0.25, -0.2) is 0 Å². The van der Waals surface area contributed by atoms with Crippen molar-refractivity contribution in [2.75, 3.05) is 12.4 Å². The minimum atomic E-state index is -0.000110. The van der Waals surface area contributed by atoms with Crippen LogP contribution in [-0.4, -0.2) is 22.4 Å². The molecule has 1 heterocycles. The first-order valence-electron chi connectivity index (χ1n) is 6.28. The van der Waals surface area contributed by atoms with E-state index in [1.54, 1.807) is 6.07 Å². The van der Waals surface area contributed by atoms with Gasteiger partial charge in [0.25, 0.3) is 0 Å². The van der Waals surface area contributed by atoms with E-state index in [1.165, 1.54) is 0 Å². The summed E-state index contributed by atoms with van der Waals surface area (Å²) in [5.41, 5.74) is 3.71. The van der Waals surface area contributed by atoms with E-state index >= 15 is 0 Å². The van der Waals surface area contributed by atoms with Crippen LogP contribution in [-0.2, 0) is 6.61 Å². The van der Waals surface area contributed by atoms with Gasteiger partial charge in [-0.15, -0.1) is 0 Å². The lowest BCUT2D eigenvalue weighted by Crippen LogP contribution is -1.89. The third-order valence-corrected chi connectivity index (χ3v) is 3.65. The fraction of sp³-hybridized carbons (Fsp3) is 0.133. The predicted molar refractivity (Wildman–Crippen MR) is 82.0 cm³/mol. The zero-order valence-electron chi connectivity index (χ0n) is 10.9. The fourth-order valence-corrected chi connectivity index (χ4v) is 2.49. The summed E-state index contributed by atoms with van der Waals surface area (Å²) in [5, 5.41) is 21.1. The maximum Gasteiger partial charge on any atom is 0.155 e. The Bertz CT molecular complexity index is 767. The maximum absolute atomic E-state index is 9.25. The number of hydrogen-bond acceptors (Lipinski definition) is 3. The van der Waals surface area contributed by atoms with Crippen LogP contribution < -0.4 is 5.32 Å². The van der Waals surface area contributed by atoms with Gasteiger partial charge in [-0.05, 0) is 35.4 Å². The van der Waals surface area contributed by atoms with Crippen LogP contribution in [0, 0.1) is 0 Å². The first-order chi connectivity index (χ1) is 9.72. The third kappa shape index (κ3) is 2.13. The van der Waals surface area contributed by atoms with E-state index < -0.39 is 0 Å². The molecule has 0 aliphatic rings. The number of aromatic amines is 1. The Labute approximate surface area is 121 Å². The summed E-state index contributed by atoms with van der Waals surface area (Å²) in [5.74, 6) is 0.802. The number of anilines is 1. The number of hydrogen-bond donors (Lipinski definition) is 3. The van der Waals surface area contributed by atoms with Crippen molar-refractivity contribution in [1.29, 1.82) is 0 Å². The van der Waals surface area contributed by atoms with Crippen LogP contribution in [0.2, 0.25) is 5.02 Å². The van der Waals surface area contributed by atoms with Crippen LogP contribution in [0.4, 0.5) is 5.82 Å². The normalized spacial score (nSPS) is 10.9. The van der Waals surface area contributed by atoms with Gasteiger partial charge in [0.15, 0.2) is 5.82 Å². The smallest absolute Gasteiger partial charge is 0.155 e.